The van der Waals surface area contributed by atoms with Gasteiger partial charge in [-0.25, -0.2) is 0 Å². The molecule has 1 aromatic heterocycles. The Kier molecular flexibility index (Phi) is 5.97. The Bertz CT molecular complexity index is 942. The minimum Gasteiger partial charge on any atom is -0.490 e. The molecule has 0 unspecified atom stereocenters. The first kappa shape index (κ1) is 18.8. The van der Waals surface area contributed by atoms with Crippen LogP contribution in [0.2, 0.25) is 0 Å². The molecule has 0 radical (unpaired) electrons. The molecule has 27 heavy (non-hydrogen) atoms. The van der Waals surface area contributed by atoms with Crippen LogP contribution in [0, 0.1) is 0 Å². The summed E-state index contributed by atoms with van der Waals surface area (Å²) in [5, 5.41) is 1.04. The number of primary amides is 1. The predicted molar refractivity (Wildman–Crippen MR) is 110 cm³/mol. The summed E-state index contributed by atoms with van der Waals surface area (Å²) in [4.78, 5) is 11.7. The molecular weight excluding hydrogens is 336 g/mol. The zero-order valence-corrected chi connectivity index (χ0v) is 15.8. The van der Waals surface area contributed by atoms with E-state index in [1.807, 2.05) is 18.2 Å². The van der Waals surface area contributed by atoms with E-state index in [-0.39, 0.29) is 12.3 Å². The number of carbonyl (C=O) groups excluding carboxylic acids is 1. The molecular formula is C23H26N2O2. The number of aryl methyl sites for hydroxylation is 2. The molecule has 3 aromatic rings. The molecule has 0 atom stereocenters. The number of hydrogen-bond acceptors (Lipinski definition) is 2. The highest BCUT2D eigenvalue weighted by Crippen LogP contribution is 2.31. The summed E-state index contributed by atoms with van der Waals surface area (Å²) in [6.07, 6.45) is 3.73. The van der Waals surface area contributed by atoms with Crippen LogP contribution in [0.4, 0.5) is 0 Å². The van der Waals surface area contributed by atoms with Crippen molar-refractivity contribution in [2.75, 3.05) is 6.61 Å². The molecule has 0 aliphatic rings. The third-order valence-corrected chi connectivity index (χ3v) is 4.78. The number of ether oxygens (including phenoxy) is 1. The smallest absolute Gasteiger partial charge is 0.221 e. The number of carbonyl (C=O) groups is 1. The van der Waals surface area contributed by atoms with Gasteiger partial charge in [0, 0.05) is 23.1 Å². The van der Waals surface area contributed by atoms with Crippen molar-refractivity contribution in [2.45, 2.75) is 32.7 Å². The van der Waals surface area contributed by atoms with Crippen molar-refractivity contribution >= 4 is 16.8 Å². The standard InChI is InChI=1S/C23H26N2O2/c1-3-14-27-18-10-11-22-19(15-18)20(16-23(24)26)21(4-2)25(22)13-12-17-8-6-5-7-9-17/h3,5-11,15H,1,4,12-14,16H2,2H3,(H2,24,26). The first-order valence-electron chi connectivity index (χ1n) is 9.34. The topological polar surface area (TPSA) is 57.2 Å². The molecule has 4 heteroatoms. The Morgan fingerprint density at radius 2 is 2.00 bits per heavy atom. The Morgan fingerprint density at radius 1 is 1.22 bits per heavy atom. The van der Waals surface area contributed by atoms with Gasteiger partial charge in [0.2, 0.25) is 5.91 Å². The van der Waals surface area contributed by atoms with Crippen LogP contribution in [-0.4, -0.2) is 17.1 Å². The van der Waals surface area contributed by atoms with Gasteiger partial charge in [-0.05, 0) is 42.2 Å². The number of hydrogen-bond donors (Lipinski definition) is 1. The molecule has 2 aromatic carbocycles. The molecule has 3 rings (SSSR count). The summed E-state index contributed by atoms with van der Waals surface area (Å²) in [7, 11) is 0. The van der Waals surface area contributed by atoms with E-state index in [9.17, 15) is 4.79 Å². The lowest BCUT2D eigenvalue weighted by atomic mass is 10.1. The highest BCUT2D eigenvalue weighted by atomic mass is 16.5. The van der Waals surface area contributed by atoms with Crippen molar-refractivity contribution in [3.63, 3.8) is 0 Å². The van der Waals surface area contributed by atoms with Gasteiger partial charge < -0.3 is 15.0 Å². The molecule has 2 N–H and O–H groups in total. The number of rotatable bonds is 9. The Labute approximate surface area is 160 Å². The fourth-order valence-corrected chi connectivity index (χ4v) is 3.62. The zero-order valence-electron chi connectivity index (χ0n) is 15.8. The van der Waals surface area contributed by atoms with Crippen LogP contribution in [0.5, 0.6) is 5.75 Å². The maximum atomic E-state index is 11.7. The predicted octanol–water partition coefficient (Wildman–Crippen LogP) is 4.04. The van der Waals surface area contributed by atoms with Crippen molar-refractivity contribution in [2.24, 2.45) is 5.73 Å². The molecule has 0 bridgehead atoms. The number of nitrogens with two attached hydrogens (primary N) is 1. The normalized spacial score (nSPS) is 10.9. The first-order chi connectivity index (χ1) is 13.1. The minimum atomic E-state index is -0.316. The van der Waals surface area contributed by atoms with Gasteiger partial charge in [-0.2, -0.15) is 0 Å². The second-order valence-electron chi connectivity index (χ2n) is 6.59. The van der Waals surface area contributed by atoms with Crippen LogP contribution >= 0.6 is 0 Å². The fraction of sp³-hybridized carbons (Fsp3) is 0.261. The molecule has 1 heterocycles. The number of nitrogens with zero attached hydrogens (tertiary/aromatic N) is 1. The molecule has 4 nitrogen and oxygen atoms in total. The molecule has 1 amide bonds. The Morgan fingerprint density at radius 3 is 2.67 bits per heavy atom. The summed E-state index contributed by atoms with van der Waals surface area (Å²) >= 11 is 0. The summed E-state index contributed by atoms with van der Waals surface area (Å²) in [6.45, 7) is 7.11. The third kappa shape index (κ3) is 4.22. The van der Waals surface area contributed by atoms with Crippen molar-refractivity contribution in [1.29, 1.82) is 0 Å². The maximum Gasteiger partial charge on any atom is 0.221 e. The molecule has 0 saturated carbocycles. The van der Waals surface area contributed by atoms with E-state index in [4.69, 9.17) is 10.5 Å². The van der Waals surface area contributed by atoms with Gasteiger partial charge in [0.05, 0.1) is 6.42 Å². The fourth-order valence-electron chi connectivity index (χ4n) is 3.62. The molecule has 0 aliphatic carbocycles. The summed E-state index contributed by atoms with van der Waals surface area (Å²) in [5.74, 6) is 0.459. The van der Waals surface area contributed by atoms with Gasteiger partial charge in [-0.1, -0.05) is 49.9 Å². The number of aromatic nitrogens is 1. The lowest BCUT2D eigenvalue weighted by molar-refractivity contribution is -0.117. The van der Waals surface area contributed by atoms with Gasteiger partial charge in [0.1, 0.15) is 12.4 Å². The molecule has 0 saturated heterocycles. The summed E-state index contributed by atoms with van der Waals surface area (Å²) in [6, 6.07) is 16.5. The van der Waals surface area contributed by atoms with E-state index >= 15 is 0 Å². The van der Waals surface area contributed by atoms with E-state index in [2.05, 4.69) is 48.4 Å². The van der Waals surface area contributed by atoms with E-state index < -0.39 is 0 Å². The average Bonchev–Trinajstić information content (AvgIpc) is 2.97. The zero-order chi connectivity index (χ0) is 19.2. The number of amides is 1. The van der Waals surface area contributed by atoms with Gasteiger partial charge in [-0.3, -0.25) is 4.79 Å². The van der Waals surface area contributed by atoms with Crippen LogP contribution < -0.4 is 10.5 Å². The lowest BCUT2D eigenvalue weighted by Gasteiger charge is -2.11. The third-order valence-electron chi connectivity index (χ3n) is 4.78. The minimum absolute atomic E-state index is 0.239. The number of fused-ring (bicyclic) bond motifs is 1. The first-order valence-corrected chi connectivity index (χ1v) is 9.34. The van der Waals surface area contributed by atoms with Crippen LogP contribution in [0.1, 0.15) is 23.7 Å². The van der Waals surface area contributed by atoms with Crippen molar-refractivity contribution in [3.05, 3.63) is 78.0 Å². The maximum absolute atomic E-state index is 11.7. The number of benzene rings is 2. The highest BCUT2D eigenvalue weighted by molar-refractivity contribution is 5.91. The van der Waals surface area contributed by atoms with Crippen molar-refractivity contribution < 1.29 is 9.53 Å². The summed E-state index contributed by atoms with van der Waals surface area (Å²) < 4.78 is 8.01. The molecule has 0 aliphatic heterocycles. The van der Waals surface area contributed by atoms with Crippen LogP contribution in [-0.2, 0) is 30.6 Å². The van der Waals surface area contributed by atoms with E-state index in [1.165, 1.54) is 11.3 Å². The van der Waals surface area contributed by atoms with E-state index in [0.717, 1.165) is 41.6 Å². The molecule has 140 valence electrons. The van der Waals surface area contributed by atoms with Crippen LogP contribution in [0.3, 0.4) is 0 Å². The monoisotopic (exact) mass is 362 g/mol. The van der Waals surface area contributed by atoms with Gasteiger partial charge in [0.15, 0.2) is 0 Å². The quantitative estimate of drug-likeness (QED) is 0.584. The average molecular weight is 362 g/mol. The second kappa shape index (κ2) is 8.58. The van der Waals surface area contributed by atoms with Crippen molar-refractivity contribution in [1.82, 2.24) is 4.57 Å². The Balaban J connectivity index is 2.04. The van der Waals surface area contributed by atoms with Gasteiger partial charge in [-0.15, -0.1) is 0 Å². The SMILES string of the molecule is C=CCOc1ccc2c(c1)c(CC(N)=O)c(CC)n2CCc1ccccc1. The van der Waals surface area contributed by atoms with Crippen LogP contribution in [0.15, 0.2) is 61.2 Å². The van der Waals surface area contributed by atoms with E-state index in [0.29, 0.717) is 6.61 Å². The van der Waals surface area contributed by atoms with Gasteiger partial charge >= 0.3 is 0 Å². The molecule has 0 spiro atoms. The van der Waals surface area contributed by atoms with E-state index in [1.54, 1.807) is 6.08 Å². The second-order valence-corrected chi connectivity index (χ2v) is 6.59. The largest absolute Gasteiger partial charge is 0.490 e. The highest BCUT2D eigenvalue weighted by Gasteiger charge is 2.18. The lowest BCUT2D eigenvalue weighted by Crippen LogP contribution is -2.15. The summed E-state index contributed by atoms with van der Waals surface area (Å²) in [5.41, 5.74) is 10.1. The Hall–Kier alpha value is -3.01. The molecule has 0 fully saturated rings. The van der Waals surface area contributed by atoms with Crippen LogP contribution in [0.25, 0.3) is 10.9 Å². The van der Waals surface area contributed by atoms with Gasteiger partial charge in [0.25, 0.3) is 0 Å². The van der Waals surface area contributed by atoms with Crippen molar-refractivity contribution in [3.8, 4) is 5.75 Å².